The molecule has 0 heterocycles. The molecule has 0 aromatic heterocycles. The molecule has 0 rings (SSSR count). The maximum Gasteiger partial charge on any atom is 0.306 e. The van der Waals surface area contributed by atoms with Crippen LogP contribution in [0.5, 0.6) is 0 Å². The Morgan fingerprint density at radius 3 is 0.924 bits per heavy atom. The van der Waals surface area contributed by atoms with Crippen molar-refractivity contribution in [1.82, 2.24) is 0 Å². The number of unbranched alkanes of at least 4 members (excludes halogenated alkanes) is 36. The average molecular weight is 928 g/mol. The standard InChI is InChI=1S/C60H110O6/c1-4-7-10-13-16-19-22-24-26-27-28-29-30-31-32-34-35-38-41-44-47-50-53-59(62)65-56-57(55-64-58(61)52-49-46-43-40-37-21-18-15-12-9-6-3)66-60(63)54-51-48-45-42-39-36-33-25-23-20-17-14-11-8-5-2/h15,17-18,20,25,33,57H,4-14,16,19,21-24,26-32,34-56H2,1-3H3/b18-15-,20-17-,33-25-. The van der Waals surface area contributed by atoms with Gasteiger partial charge < -0.3 is 14.2 Å². The van der Waals surface area contributed by atoms with Gasteiger partial charge in [-0.1, -0.05) is 256 Å². The minimum atomic E-state index is -0.779. The second-order valence-corrected chi connectivity index (χ2v) is 19.6. The van der Waals surface area contributed by atoms with E-state index in [9.17, 15) is 14.4 Å². The lowest BCUT2D eigenvalue weighted by Crippen LogP contribution is -2.30. The van der Waals surface area contributed by atoms with Gasteiger partial charge in [0.25, 0.3) is 0 Å². The van der Waals surface area contributed by atoms with Gasteiger partial charge in [-0.25, -0.2) is 0 Å². The van der Waals surface area contributed by atoms with E-state index in [1.54, 1.807) is 0 Å². The largest absolute Gasteiger partial charge is 0.462 e. The first kappa shape index (κ1) is 63.6. The summed E-state index contributed by atoms with van der Waals surface area (Å²) in [6.45, 7) is 6.60. The Balaban J connectivity index is 4.25. The third-order valence-electron chi connectivity index (χ3n) is 12.9. The summed E-state index contributed by atoms with van der Waals surface area (Å²) in [6, 6.07) is 0. The predicted molar refractivity (Wildman–Crippen MR) is 284 cm³/mol. The van der Waals surface area contributed by atoms with Gasteiger partial charge in [-0.2, -0.15) is 0 Å². The van der Waals surface area contributed by atoms with Crippen LogP contribution in [0.3, 0.4) is 0 Å². The highest BCUT2D eigenvalue weighted by Gasteiger charge is 2.19. The van der Waals surface area contributed by atoms with Crippen LogP contribution in [0.1, 0.15) is 310 Å². The summed E-state index contributed by atoms with van der Waals surface area (Å²) in [5.41, 5.74) is 0. The summed E-state index contributed by atoms with van der Waals surface area (Å²) in [5.74, 6) is -0.886. The third kappa shape index (κ3) is 52.6. The molecular formula is C60H110O6. The SMILES string of the molecule is CCCC/C=C\CCCCCCCC(=O)OCC(COC(=O)CCCCCCCCCCCCCCCCCCCCCCCC)OC(=O)CCCCCCC/C=C\C/C=C\CCCCC. The van der Waals surface area contributed by atoms with Crippen molar-refractivity contribution < 1.29 is 28.6 Å². The normalized spacial score (nSPS) is 12.2. The zero-order valence-corrected chi connectivity index (χ0v) is 44.2. The van der Waals surface area contributed by atoms with Crippen LogP contribution in [0.25, 0.3) is 0 Å². The van der Waals surface area contributed by atoms with E-state index >= 15 is 0 Å². The molecular weight excluding hydrogens is 817 g/mol. The van der Waals surface area contributed by atoms with Gasteiger partial charge in [0.1, 0.15) is 13.2 Å². The van der Waals surface area contributed by atoms with Crippen molar-refractivity contribution in [3.05, 3.63) is 36.5 Å². The zero-order chi connectivity index (χ0) is 47.9. The van der Waals surface area contributed by atoms with E-state index in [0.717, 1.165) is 89.9 Å². The molecule has 386 valence electrons. The molecule has 0 aromatic carbocycles. The smallest absolute Gasteiger partial charge is 0.306 e. The van der Waals surface area contributed by atoms with E-state index in [-0.39, 0.29) is 31.1 Å². The lowest BCUT2D eigenvalue weighted by atomic mass is 10.0. The summed E-state index contributed by atoms with van der Waals surface area (Å²) in [5, 5.41) is 0. The maximum absolute atomic E-state index is 12.8. The summed E-state index contributed by atoms with van der Waals surface area (Å²) >= 11 is 0. The van der Waals surface area contributed by atoms with Gasteiger partial charge in [-0.3, -0.25) is 14.4 Å². The van der Waals surface area contributed by atoms with Crippen LogP contribution in [0.15, 0.2) is 36.5 Å². The monoisotopic (exact) mass is 927 g/mol. The highest BCUT2D eigenvalue weighted by molar-refractivity contribution is 5.71. The summed E-state index contributed by atoms with van der Waals surface area (Å²) in [4.78, 5) is 38.1. The maximum atomic E-state index is 12.8. The molecule has 0 fully saturated rings. The Labute approximate surface area is 410 Å². The Hall–Kier alpha value is -2.37. The van der Waals surface area contributed by atoms with Crippen molar-refractivity contribution in [2.45, 2.75) is 316 Å². The fourth-order valence-corrected chi connectivity index (χ4v) is 8.46. The molecule has 0 amide bonds. The fourth-order valence-electron chi connectivity index (χ4n) is 8.46. The molecule has 0 saturated heterocycles. The molecule has 0 aliphatic carbocycles. The molecule has 0 aliphatic heterocycles. The van der Waals surface area contributed by atoms with Gasteiger partial charge in [0.2, 0.25) is 0 Å². The minimum absolute atomic E-state index is 0.0772. The number of carbonyl (C=O) groups is 3. The molecule has 1 unspecified atom stereocenters. The van der Waals surface area contributed by atoms with Gasteiger partial charge in [0.05, 0.1) is 0 Å². The van der Waals surface area contributed by atoms with E-state index in [1.807, 2.05) is 0 Å². The van der Waals surface area contributed by atoms with Crippen molar-refractivity contribution >= 4 is 17.9 Å². The molecule has 0 spiro atoms. The number of hydrogen-bond donors (Lipinski definition) is 0. The van der Waals surface area contributed by atoms with Crippen LogP contribution in [0.2, 0.25) is 0 Å². The number of hydrogen-bond acceptors (Lipinski definition) is 6. The Kier molecular flexibility index (Phi) is 53.2. The molecule has 1 atom stereocenters. The van der Waals surface area contributed by atoms with E-state index in [0.29, 0.717) is 19.3 Å². The van der Waals surface area contributed by atoms with E-state index in [2.05, 4.69) is 57.2 Å². The molecule has 0 bridgehead atoms. The fraction of sp³-hybridized carbons (Fsp3) is 0.850. The highest BCUT2D eigenvalue weighted by atomic mass is 16.6. The van der Waals surface area contributed by atoms with Gasteiger partial charge in [-0.05, 0) is 70.6 Å². The summed E-state index contributed by atoms with van der Waals surface area (Å²) < 4.78 is 16.8. The lowest BCUT2D eigenvalue weighted by molar-refractivity contribution is -0.167. The second kappa shape index (κ2) is 55.2. The number of esters is 3. The summed E-state index contributed by atoms with van der Waals surface area (Å²) in [7, 11) is 0. The zero-order valence-electron chi connectivity index (χ0n) is 44.2. The van der Waals surface area contributed by atoms with E-state index in [1.165, 1.54) is 180 Å². The van der Waals surface area contributed by atoms with Gasteiger partial charge in [0, 0.05) is 19.3 Å². The second-order valence-electron chi connectivity index (χ2n) is 19.6. The molecule has 6 nitrogen and oxygen atoms in total. The highest BCUT2D eigenvalue weighted by Crippen LogP contribution is 2.17. The van der Waals surface area contributed by atoms with Crippen molar-refractivity contribution in [2.75, 3.05) is 13.2 Å². The number of carbonyl (C=O) groups excluding carboxylic acids is 3. The molecule has 0 aromatic rings. The molecule has 0 aliphatic rings. The van der Waals surface area contributed by atoms with Crippen LogP contribution in [-0.4, -0.2) is 37.2 Å². The van der Waals surface area contributed by atoms with Gasteiger partial charge in [0.15, 0.2) is 6.10 Å². The number of ether oxygens (including phenoxy) is 3. The topological polar surface area (TPSA) is 78.9 Å². The van der Waals surface area contributed by atoms with Crippen molar-refractivity contribution in [3.63, 3.8) is 0 Å². The van der Waals surface area contributed by atoms with E-state index < -0.39 is 6.10 Å². The first-order valence-electron chi connectivity index (χ1n) is 29.0. The predicted octanol–water partition coefficient (Wildman–Crippen LogP) is 19.3. The van der Waals surface area contributed by atoms with Crippen LogP contribution in [0.4, 0.5) is 0 Å². The summed E-state index contributed by atoms with van der Waals surface area (Å²) in [6.07, 6.45) is 65.7. The van der Waals surface area contributed by atoms with Gasteiger partial charge >= 0.3 is 17.9 Å². The quantitative estimate of drug-likeness (QED) is 0.0262. The third-order valence-corrected chi connectivity index (χ3v) is 12.9. The van der Waals surface area contributed by atoms with Crippen LogP contribution >= 0.6 is 0 Å². The number of allylic oxidation sites excluding steroid dienone is 6. The van der Waals surface area contributed by atoms with Crippen molar-refractivity contribution in [3.8, 4) is 0 Å². The molecule has 0 N–H and O–H groups in total. The van der Waals surface area contributed by atoms with Crippen LogP contribution < -0.4 is 0 Å². The average Bonchev–Trinajstić information content (AvgIpc) is 3.31. The van der Waals surface area contributed by atoms with Crippen molar-refractivity contribution in [1.29, 1.82) is 0 Å². The lowest BCUT2D eigenvalue weighted by Gasteiger charge is -2.18. The van der Waals surface area contributed by atoms with Crippen LogP contribution in [-0.2, 0) is 28.6 Å². The molecule has 0 radical (unpaired) electrons. The molecule has 66 heavy (non-hydrogen) atoms. The van der Waals surface area contributed by atoms with Gasteiger partial charge in [-0.15, -0.1) is 0 Å². The van der Waals surface area contributed by atoms with E-state index in [4.69, 9.17) is 14.2 Å². The molecule has 6 heteroatoms. The minimum Gasteiger partial charge on any atom is -0.462 e. The molecule has 0 saturated carbocycles. The first-order valence-corrected chi connectivity index (χ1v) is 29.0. The Morgan fingerprint density at radius 2 is 0.561 bits per heavy atom. The van der Waals surface area contributed by atoms with Crippen LogP contribution in [0, 0.1) is 0 Å². The Morgan fingerprint density at radius 1 is 0.303 bits per heavy atom. The number of rotatable bonds is 53. The van der Waals surface area contributed by atoms with Crippen molar-refractivity contribution in [2.24, 2.45) is 0 Å². The Bertz CT molecular complexity index is 1110. The first-order chi connectivity index (χ1) is 32.5.